The monoisotopic (exact) mass is 237 g/mol. The molecule has 86 valence electrons. The van der Waals surface area contributed by atoms with Crippen LogP contribution in [0.4, 0.5) is 5.69 Å². The van der Waals surface area contributed by atoms with Crippen molar-refractivity contribution >= 4 is 28.9 Å². The summed E-state index contributed by atoms with van der Waals surface area (Å²) in [5.41, 5.74) is 1.40. The van der Waals surface area contributed by atoms with Crippen LogP contribution in [0.25, 0.3) is 0 Å². The molecule has 0 atom stereocenters. The van der Waals surface area contributed by atoms with Crippen LogP contribution in [0.2, 0.25) is 0 Å². The Labute approximate surface area is 100 Å². The van der Waals surface area contributed by atoms with Crippen LogP contribution in [0, 0.1) is 0 Å². The highest BCUT2D eigenvalue weighted by atomic mass is 32.1. The SMILES string of the molecule is CCNC(=S)Nc1cccc(C(=O)NC)c1. The molecule has 1 aromatic rings. The summed E-state index contributed by atoms with van der Waals surface area (Å²) in [7, 11) is 1.60. The Morgan fingerprint density at radius 3 is 2.81 bits per heavy atom. The Balaban J connectivity index is 2.74. The number of anilines is 1. The van der Waals surface area contributed by atoms with Gasteiger partial charge in [0.25, 0.3) is 5.91 Å². The number of nitrogens with one attached hydrogen (secondary N) is 3. The third-order valence-electron chi connectivity index (χ3n) is 1.95. The summed E-state index contributed by atoms with van der Waals surface area (Å²) in [6, 6.07) is 7.17. The van der Waals surface area contributed by atoms with E-state index in [9.17, 15) is 4.79 Å². The highest BCUT2D eigenvalue weighted by Crippen LogP contribution is 2.10. The Kier molecular flexibility index (Phi) is 4.72. The predicted molar refractivity (Wildman–Crippen MR) is 69.7 cm³/mol. The van der Waals surface area contributed by atoms with Crippen LogP contribution in [0.15, 0.2) is 24.3 Å². The lowest BCUT2D eigenvalue weighted by Crippen LogP contribution is -2.28. The van der Waals surface area contributed by atoms with Gasteiger partial charge in [-0.1, -0.05) is 6.07 Å². The fraction of sp³-hybridized carbons (Fsp3) is 0.273. The highest BCUT2D eigenvalue weighted by molar-refractivity contribution is 7.80. The van der Waals surface area contributed by atoms with Gasteiger partial charge in [0.15, 0.2) is 5.11 Å². The standard InChI is InChI=1S/C11H15N3OS/c1-3-13-11(16)14-9-6-4-5-8(7-9)10(15)12-2/h4-7H,3H2,1-2H3,(H,12,15)(H2,13,14,16). The molecule has 0 aliphatic rings. The zero-order valence-electron chi connectivity index (χ0n) is 9.33. The zero-order chi connectivity index (χ0) is 12.0. The van der Waals surface area contributed by atoms with Gasteiger partial charge in [-0.05, 0) is 37.3 Å². The lowest BCUT2D eigenvalue weighted by Gasteiger charge is -2.09. The first kappa shape index (κ1) is 12.4. The molecule has 0 heterocycles. The molecule has 0 saturated heterocycles. The molecule has 0 aliphatic heterocycles. The first-order chi connectivity index (χ1) is 7.67. The van der Waals surface area contributed by atoms with Crippen LogP contribution in [-0.4, -0.2) is 24.6 Å². The lowest BCUT2D eigenvalue weighted by molar-refractivity contribution is 0.0963. The van der Waals surface area contributed by atoms with E-state index in [1.54, 1.807) is 19.2 Å². The van der Waals surface area contributed by atoms with Crippen LogP contribution < -0.4 is 16.0 Å². The van der Waals surface area contributed by atoms with E-state index in [1.807, 2.05) is 19.1 Å². The Morgan fingerprint density at radius 2 is 2.19 bits per heavy atom. The minimum atomic E-state index is -0.113. The number of thiocarbonyl (C=S) groups is 1. The smallest absolute Gasteiger partial charge is 0.251 e. The average molecular weight is 237 g/mol. The van der Waals surface area contributed by atoms with Crippen molar-refractivity contribution < 1.29 is 4.79 Å². The molecule has 1 aromatic carbocycles. The molecule has 0 unspecified atom stereocenters. The zero-order valence-corrected chi connectivity index (χ0v) is 10.1. The van der Waals surface area contributed by atoms with Crippen LogP contribution in [-0.2, 0) is 0 Å². The molecule has 0 bridgehead atoms. The van der Waals surface area contributed by atoms with Crippen LogP contribution in [0.1, 0.15) is 17.3 Å². The summed E-state index contributed by atoms with van der Waals surface area (Å²) in [5.74, 6) is -0.113. The first-order valence-corrected chi connectivity index (χ1v) is 5.45. The second kappa shape index (κ2) is 6.07. The maximum Gasteiger partial charge on any atom is 0.251 e. The minimum Gasteiger partial charge on any atom is -0.363 e. The van der Waals surface area contributed by atoms with Gasteiger partial charge in [0.05, 0.1) is 0 Å². The van der Waals surface area contributed by atoms with E-state index in [4.69, 9.17) is 12.2 Å². The third kappa shape index (κ3) is 3.51. The summed E-state index contributed by atoms with van der Waals surface area (Å²) in [6.07, 6.45) is 0. The van der Waals surface area contributed by atoms with Crippen LogP contribution >= 0.6 is 12.2 Å². The molecule has 0 fully saturated rings. The number of carbonyl (C=O) groups is 1. The fourth-order valence-corrected chi connectivity index (χ4v) is 1.48. The van der Waals surface area contributed by atoms with Crippen LogP contribution in [0.3, 0.4) is 0 Å². The lowest BCUT2D eigenvalue weighted by atomic mass is 10.2. The van der Waals surface area contributed by atoms with Gasteiger partial charge in [-0.25, -0.2) is 0 Å². The fourth-order valence-electron chi connectivity index (χ4n) is 1.22. The van der Waals surface area contributed by atoms with Crippen molar-refractivity contribution in [1.29, 1.82) is 0 Å². The van der Waals surface area contributed by atoms with Crippen molar-refractivity contribution in [2.45, 2.75) is 6.92 Å². The van der Waals surface area contributed by atoms with Crippen molar-refractivity contribution in [2.24, 2.45) is 0 Å². The van der Waals surface area contributed by atoms with Crippen molar-refractivity contribution in [3.05, 3.63) is 29.8 Å². The van der Waals surface area contributed by atoms with Gasteiger partial charge in [-0.2, -0.15) is 0 Å². The van der Waals surface area contributed by atoms with E-state index < -0.39 is 0 Å². The average Bonchev–Trinajstić information content (AvgIpc) is 2.28. The molecule has 3 N–H and O–H groups in total. The Morgan fingerprint density at radius 1 is 1.44 bits per heavy atom. The molecule has 1 amide bonds. The number of benzene rings is 1. The van der Waals surface area contributed by atoms with Gasteiger partial charge in [0, 0.05) is 24.8 Å². The summed E-state index contributed by atoms with van der Waals surface area (Å²) in [5, 5.41) is 9.10. The Bertz CT molecular complexity index is 393. The van der Waals surface area contributed by atoms with E-state index in [2.05, 4.69) is 16.0 Å². The molecular weight excluding hydrogens is 222 g/mol. The molecule has 1 rings (SSSR count). The molecule has 0 aliphatic carbocycles. The number of carbonyl (C=O) groups excluding carboxylic acids is 1. The Hall–Kier alpha value is -1.62. The van der Waals surface area contributed by atoms with E-state index in [0.29, 0.717) is 10.7 Å². The number of hydrogen-bond donors (Lipinski definition) is 3. The first-order valence-electron chi connectivity index (χ1n) is 5.04. The van der Waals surface area contributed by atoms with Crippen molar-refractivity contribution in [3.8, 4) is 0 Å². The second-order valence-electron chi connectivity index (χ2n) is 3.14. The van der Waals surface area contributed by atoms with Crippen molar-refractivity contribution in [3.63, 3.8) is 0 Å². The number of hydrogen-bond acceptors (Lipinski definition) is 2. The van der Waals surface area contributed by atoms with Gasteiger partial charge in [0.1, 0.15) is 0 Å². The van der Waals surface area contributed by atoms with Gasteiger partial charge < -0.3 is 16.0 Å². The van der Waals surface area contributed by atoms with Gasteiger partial charge in [-0.15, -0.1) is 0 Å². The number of amides is 1. The summed E-state index contributed by atoms with van der Waals surface area (Å²) >= 11 is 5.05. The van der Waals surface area contributed by atoms with Gasteiger partial charge in [-0.3, -0.25) is 4.79 Å². The van der Waals surface area contributed by atoms with E-state index in [0.717, 1.165) is 12.2 Å². The molecule has 5 heteroatoms. The summed E-state index contributed by atoms with van der Waals surface area (Å²) in [4.78, 5) is 11.4. The van der Waals surface area contributed by atoms with E-state index in [1.165, 1.54) is 0 Å². The van der Waals surface area contributed by atoms with Crippen molar-refractivity contribution in [2.75, 3.05) is 18.9 Å². The topological polar surface area (TPSA) is 53.2 Å². The second-order valence-corrected chi connectivity index (χ2v) is 3.55. The summed E-state index contributed by atoms with van der Waals surface area (Å²) < 4.78 is 0. The predicted octanol–water partition coefficient (Wildman–Crippen LogP) is 1.35. The highest BCUT2D eigenvalue weighted by Gasteiger charge is 2.03. The third-order valence-corrected chi connectivity index (χ3v) is 2.19. The molecule has 16 heavy (non-hydrogen) atoms. The normalized spacial score (nSPS) is 9.38. The maximum absolute atomic E-state index is 11.4. The van der Waals surface area contributed by atoms with E-state index >= 15 is 0 Å². The molecule has 4 nitrogen and oxygen atoms in total. The van der Waals surface area contributed by atoms with Gasteiger partial charge in [0.2, 0.25) is 0 Å². The molecular formula is C11H15N3OS. The number of rotatable bonds is 3. The summed E-state index contributed by atoms with van der Waals surface area (Å²) in [6.45, 7) is 2.73. The quantitative estimate of drug-likeness (QED) is 0.695. The van der Waals surface area contributed by atoms with Gasteiger partial charge >= 0.3 is 0 Å². The molecule has 0 aromatic heterocycles. The maximum atomic E-state index is 11.4. The largest absolute Gasteiger partial charge is 0.363 e. The molecule has 0 spiro atoms. The van der Waals surface area contributed by atoms with Crippen LogP contribution in [0.5, 0.6) is 0 Å². The van der Waals surface area contributed by atoms with Crippen molar-refractivity contribution in [1.82, 2.24) is 10.6 Å². The molecule has 0 radical (unpaired) electrons. The van der Waals surface area contributed by atoms with E-state index in [-0.39, 0.29) is 5.91 Å². The molecule has 0 saturated carbocycles. The minimum absolute atomic E-state index is 0.113.